The zero-order valence-corrected chi connectivity index (χ0v) is 3.16. The van der Waals surface area contributed by atoms with Gasteiger partial charge in [0.2, 0.25) is 0 Å². The van der Waals surface area contributed by atoms with Crippen molar-refractivity contribution in [3.63, 3.8) is 0 Å². The molecule has 0 aromatic heterocycles. The first-order valence-corrected chi connectivity index (χ1v) is 1.57. The lowest BCUT2D eigenvalue weighted by atomic mass is 10.3. The average Bonchev–Trinajstić information content (AvgIpc) is 1.41. The van der Waals surface area contributed by atoms with Crippen LogP contribution < -0.4 is 5.23 Å². The van der Waals surface area contributed by atoms with E-state index in [4.69, 9.17) is 0 Å². The molecule has 0 aromatic rings. The summed E-state index contributed by atoms with van der Waals surface area (Å²) in [6.07, 6.45) is 0. The molecule has 0 saturated carbocycles. The van der Waals surface area contributed by atoms with Crippen LogP contribution in [0, 0.1) is 0 Å². The van der Waals surface area contributed by atoms with E-state index < -0.39 is 0 Å². The van der Waals surface area contributed by atoms with E-state index in [0.717, 1.165) is 0 Å². The molecule has 0 amide bonds. The highest BCUT2D eigenvalue weighted by molar-refractivity contribution is 6.22. The van der Waals surface area contributed by atoms with E-state index in [9.17, 15) is 4.32 Å². The van der Waals surface area contributed by atoms with Crippen molar-refractivity contribution in [2.75, 3.05) is 6.54 Å². The second-order valence-electron chi connectivity index (χ2n) is 0.667. The van der Waals surface area contributed by atoms with Crippen LogP contribution in [0.25, 0.3) is 0 Å². The molecule has 0 rings (SSSR count). The van der Waals surface area contributed by atoms with Gasteiger partial charge in [-0.15, -0.1) is 0 Å². The van der Waals surface area contributed by atoms with Gasteiger partial charge in [-0.3, -0.25) is 0 Å². The minimum Gasteiger partial charge on any atom is -0.330 e. The minimum absolute atomic E-state index is 0.431. The topological polar surface area (TPSA) is 12.0 Å². The van der Waals surface area contributed by atoms with Gasteiger partial charge < -0.3 is 9.54 Å². The third-order valence-electron chi connectivity index (χ3n) is 0.281. The van der Waals surface area contributed by atoms with E-state index >= 15 is 0 Å². The van der Waals surface area contributed by atoms with Gasteiger partial charge in [0, 0.05) is 0 Å². The molecule has 0 spiro atoms. The average molecular weight is 73.9 g/mol. The fourth-order valence-electron chi connectivity index (χ4n) is 0.0772. The van der Waals surface area contributed by atoms with Crippen molar-refractivity contribution in [3.8, 4) is 0 Å². The number of nitrogens with one attached hydrogen (secondary N) is 1. The van der Waals surface area contributed by atoms with Gasteiger partial charge in [0.05, 0.1) is 0 Å². The van der Waals surface area contributed by atoms with Gasteiger partial charge >= 0.3 is 7.69 Å². The fourth-order valence-corrected chi connectivity index (χ4v) is 0.0772. The molecule has 0 aliphatic heterocycles. The molecule has 0 aromatic carbocycles. The molecule has 5 heavy (non-hydrogen) atoms. The zero-order valence-electron chi connectivity index (χ0n) is 3.16. The summed E-state index contributed by atoms with van der Waals surface area (Å²) >= 11 is 0. The maximum absolute atomic E-state index is 10.8. The molecule has 0 aliphatic rings. The van der Waals surface area contributed by atoms with Gasteiger partial charge in [0.15, 0.2) is 0 Å². The molecular weight excluding hydrogens is 67.8 g/mol. The van der Waals surface area contributed by atoms with Gasteiger partial charge in [-0.1, -0.05) is 6.92 Å². The van der Waals surface area contributed by atoms with Crippen molar-refractivity contribution in [3.05, 3.63) is 0 Å². The molecule has 0 fully saturated rings. The Balaban J connectivity index is 2.19. The van der Waals surface area contributed by atoms with E-state index in [1.165, 1.54) is 0 Å². The van der Waals surface area contributed by atoms with E-state index in [1.54, 1.807) is 0 Å². The Morgan fingerprint density at radius 1 is 2.00 bits per heavy atom. The second kappa shape index (κ2) is 3.95. The molecule has 0 bridgehead atoms. The van der Waals surface area contributed by atoms with Gasteiger partial charge in [-0.05, 0) is 6.54 Å². The van der Waals surface area contributed by atoms with Gasteiger partial charge in [-0.2, -0.15) is 0 Å². The van der Waals surface area contributed by atoms with Crippen LogP contribution in [0.15, 0.2) is 0 Å². The largest absolute Gasteiger partial charge is 0.451 e. The lowest BCUT2D eigenvalue weighted by molar-refractivity contribution is 0.810. The fraction of sp³-hybridized carbons (Fsp3) is 1.00. The Kier molecular flexibility index (Phi) is 3.92. The van der Waals surface area contributed by atoms with Crippen LogP contribution in [0.4, 0.5) is 4.32 Å². The van der Waals surface area contributed by atoms with E-state index in [-0.39, 0.29) is 0 Å². The molecule has 0 heterocycles. The number of rotatable bonds is 2. The number of halogens is 1. The third-order valence-corrected chi connectivity index (χ3v) is 0.281. The summed E-state index contributed by atoms with van der Waals surface area (Å²) in [5, 5.41) is 2.32. The van der Waals surface area contributed by atoms with Crippen LogP contribution in [0.5, 0.6) is 0 Å². The van der Waals surface area contributed by atoms with Crippen LogP contribution in [-0.2, 0) is 0 Å². The van der Waals surface area contributed by atoms with Crippen LogP contribution in [0.1, 0.15) is 6.92 Å². The van der Waals surface area contributed by atoms with Crippen molar-refractivity contribution in [2.24, 2.45) is 0 Å². The van der Waals surface area contributed by atoms with Crippen LogP contribution in [0.3, 0.4) is 0 Å². The lowest BCUT2D eigenvalue weighted by Gasteiger charge is -1.80. The summed E-state index contributed by atoms with van der Waals surface area (Å²) in [5.74, 6) is 0. The second-order valence-corrected chi connectivity index (χ2v) is 0.667. The van der Waals surface area contributed by atoms with Gasteiger partial charge in [0.25, 0.3) is 0 Å². The first-order chi connectivity index (χ1) is 2.41. The maximum Gasteiger partial charge on any atom is 0.451 e. The van der Waals surface area contributed by atoms with E-state index in [0.29, 0.717) is 14.2 Å². The molecule has 1 N–H and O–H groups in total. The summed E-state index contributed by atoms with van der Waals surface area (Å²) in [7, 11) is 0.431. The quantitative estimate of drug-likeness (QED) is 0.458. The Morgan fingerprint density at radius 2 is 2.60 bits per heavy atom. The summed E-state index contributed by atoms with van der Waals surface area (Å²) in [5.41, 5.74) is 0. The standard InChI is InChI=1S/C2H6BFN/c1-2-5-3-4/h5H,2H2,1H3. The lowest BCUT2D eigenvalue weighted by Crippen LogP contribution is -2.12. The van der Waals surface area contributed by atoms with Crippen LogP contribution in [0.2, 0.25) is 0 Å². The Bertz CT molecular complexity index is 17.1. The molecule has 0 aliphatic carbocycles. The van der Waals surface area contributed by atoms with Crippen LogP contribution in [-0.4, -0.2) is 14.2 Å². The molecule has 1 radical (unpaired) electrons. The van der Waals surface area contributed by atoms with Crippen molar-refractivity contribution in [1.29, 1.82) is 0 Å². The van der Waals surface area contributed by atoms with Crippen molar-refractivity contribution in [2.45, 2.75) is 6.92 Å². The highest BCUT2D eigenvalue weighted by atomic mass is 19.1. The molecule has 0 saturated heterocycles. The molecule has 1 nitrogen and oxygen atoms in total. The zero-order chi connectivity index (χ0) is 4.12. The highest BCUT2D eigenvalue weighted by Crippen LogP contribution is 1.48. The first-order valence-electron chi connectivity index (χ1n) is 1.57. The van der Waals surface area contributed by atoms with Gasteiger partial charge in [0.1, 0.15) is 0 Å². The van der Waals surface area contributed by atoms with E-state index in [1.807, 2.05) is 6.92 Å². The molecule has 0 unspecified atom stereocenters. The molecular formula is C2H6BFN. The smallest absolute Gasteiger partial charge is 0.330 e. The van der Waals surface area contributed by atoms with Crippen LogP contribution >= 0.6 is 0 Å². The molecule has 0 atom stereocenters. The minimum atomic E-state index is 0.431. The highest BCUT2D eigenvalue weighted by Gasteiger charge is 1.74. The number of hydrogen-bond donors (Lipinski definition) is 1. The Morgan fingerprint density at radius 3 is 2.60 bits per heavy atom. The first kappa shape index (κ1) is 4.95. The predicted molar refractivity (Wildman–Crippen MR) is 20.5 cm³/mol. The summed E-state index contributed by atoms with van der Waals surface area (Å²) in [6.45, 7) is 2.49. The summed E-state index contributed by atoms with van der Waals surface area (Å²) in [4.78, 5) is 0. The van der Waals surface area contributed by atoms with Crippen molar-refractivity contribution < 1.29 is 4.32 Å². The monoisotopic (exact) mass is 74.1 g/mol. The Hall–Kier alpha value is -0.0451. The third kappa shape index (κ3) is 3.95. The van der Waals surface area contributed by atoms with Crippen molar-refractivity contribution >= 4 is 7.69 Å². The van der Waals surface area contributed by atoms with Gasteiger partial charge in [-0.25, -0.2) is 0 Å². The normalized spacial score (nSPS) is 7.60. The molecule has 29 valence electrons. The number of hydrogen-bond acceptors (Lipinski definition) is 1. The SMILES string of the molecule is CCN[B]F. The summed E-state index contributed by atoms with van der Waals surface area (Å²) < 4.78 is 10.8. The summed E-state index contributed by atoms with van der Waals surface area (Å²) in [6, 6.07) is 0. The van der Waals surface area contributed by atoms with Crippen molar-refractivity contribution in [1.82, 2.24) is 5.23 Å². The Labute approximate surface area is 31.9 Å². The predicted octanol–water partition coefficient (Wildman–Crippen LogP) is 0.0996. The van der Waals surface area contributed by atoms with E-state index in [2.05, 4.69) is 5.23 Å². The maximum atomic E-state index is 10.8. The molecule has 3 heteroatoms.